The van der Waals surface area contributed by atoms with Crippen LogP contribution in [0.4, 0.5) is 0 Å². The van der Waals surface area contributed by atoms with E-state index < -0.39 is 0 Å². The molecule has 0 heterocycles. The summed E-state index contributed by atoms with van der Waals surface area (Å²) in [7, 11) is 1.60. The Hall–Kier alpha value is -0.740. The van der Waals surface area contributed by atoms with Crippen LogP contribution >= 0.6 is 31.9 Å². The molecule has 2 rings (SSSR count). The highest BCUT2D eigenvalue weighted by Crippen LogP contribution is 2.37. The molecule has 0 aliphatic carbocycles. The molecule has 15 heavy (non-hydrogen) atoms. The third-order valence-electron chi connectivity index (χ3n) is 2.21. The normalized spacial score (nSPS) is 10.6. The summed E-state index contributed by atoms with van der Waals surface area (Å²) in [5.41, 5.74) is 0. The topological polar surface area (TPSA) is 29.5 Å². The number of rotatable bonds is 1. The van der Waals surface area contributed by atoms with E-state index in [0.717, 1.165) is 15.2 Å². The molecule has 78 valence electrons. The first-order valence-electron chi connectivity index (χ1n) is 4.28. The molecule has 0 spiro atoms. The first-order valence-corrected chi connectivity index (χ1v) is 5.87. The SMILES string of the molecule is COc1cc2c(O)c(Br)ccc2cc1Br. The Kier molecular flexibility index (Phi) is 2.89. The second-order valence-electron chi connectivity index (χ2n) is 3.10. The van der Waals surface area contributed by atoms with Crippen molar-refractivity contribution in [3.63, 3.8) is 0 Å². The van der Waals surface area contributed by atoms with E-state index in [-0.39, 0.29) is 5.75 Å². The van der Waals surface area contributed by atoms with E-state index in [1.807, 2.05) is 18.2 Å². The molecule has 1 N–H and O–H groups in total. The van der Waals surface area contributed by atoms with Crippen molar-refractivity contribution in [2.75, 3.05) is 7.11 Å². The number of phenols is 1. The molecule has 2 nitrogen and oxygen atoms in total. The van der Waals surface area contributed by atoms with E-state index >= 15 is 0 Å². The highest BCUT2D eigenvalue weighted by molar-refractivity contribution is 9.11. The molecular weight excluding hydrogens is 324 g/mol. The fourth-order valence-corrected chi connectivity index (χ4v) is 2.31. The highest BCUT2D eigenvalue weighted by atomic mass is 79.9. The molecule has 2 aromatic carbocycles. The van der Waals surface area contributed by atoms with Crippen molar-refractivity contribution in [2.45, 2.75) is 0 Å². The van der Waals surface area contributed by atoms with Gasteiger partial charge in [0.2, 0.25) is 0 Å². The summed E-state index contributed by atoms with van der Waals surface area (Å²) in [5.74, 6) is 0.939. The zero-order valence-corrected chi connectivity index (χ0v) is 11.1. The van der Waals surface area contributed by atoms with Gasteiger partial charge >= 0.3 is 0 Å². The van der Waals surface area contributed by atoms with Crippen LogP contribution in [0.5, 0.6) is 11.5 Å². The minimum Gasteiger partial charge on any atom is -0.506 e. The molecule has 0 saturated carbocycles. The van der Waals surface area contributed by atoms with Gasteiger partial charge in [-0.2, -0.15) is 0 Å². The van der Waals surface area contributed by atoms with Crippen LogP contribution in [0.25, 0.3) is 10.8 Å². The maximum atomic E-state index is 9.85. The molecule has 0 saturated heterocycles. The number of ether oxygens (including phenoxy) is 1. The molecule has 4 heteroatoms. The van der Waals surface area contributed by atoms with Crippen LogP contribution in [0.1, 0.15) is 0 Å². The second kappa shape index (κ2) is 4.02. The molecule has 0 amide bonds. The van der Waals surface area contributed by atoms with Crippen LogP contribution < -0.4 is 4.74 Å². The smallest absolute Gasteiger partial charge is 0.137 e. The molecule has 0 aromatic heterocycles. The van der Waals surface area contributed by atoms with E-state index in [0.29, 0.717) is 10.2 Å². The van der Waals surface area contributed by atoms with Crippen LogP contribution in [0.3, 0.4) is 0 Å². The summed E-state index contributed by atoms with van der Waals surface area (Å²) >= 11 is 6.68. The predicted octanol–water partition coefficient (Wildman–Crippen LogP) is 4.08. The lowest BCUT2D eigenvalue weighted by atomic mass is 10.1. The largest absolute Gasteiger partial charge is 0.506 e. The Morgan fingerprint density at radius 1 is 1.13 bits per heavy atom. The summed E-state index contributed by atoms with van der Waals surface area (Å²) in [5, 5.41) is 11.6. The Labute approximate surface area is 104 Å². The van der Waals surface area contributed by atoms with E-state index in [4.69, 9.17) is 4.74 Å². The Balaban J connectivity index is 2.82. The number of hydrogen-bond acceptors (Lipinski definition) is 2. The summed E-state index contributed by atoms with van der Waals surface area (Å²) < 4.78 is 6.73. The van der Waals surface area contributed by atoms with Gasteiger partial charge in [-0.25, -0.2) is 0 Å². The van der Waals surface area contributed by atoms with Crippen molar-refractivity contribution in [3.8, 4) is 11.5 Å². The van der Waals surface area contributed by atoms with Crippen LogP contribution in [0, 0.1) is 0 Å². The predicted molar refractivity (Wildman–Crippen MR) is 67.6 cm³/mol. The van der Waals surface area contributed by atoms with Gasteiger partial charge in [0.25, 0.3) is 0 Å². The first kappa shape index (κ1) is 10.8. The van der Waals surface area contributed by atoms with Gasteiger partial charge in [-0.05, 0) is 55.4 Å². The average molecular weight is 332 g/mol. The highest BCUT2D eigenvalue weighted by Gasteiger charge is 2.08. The molecule has 0 atom stereocenters. The lowest BCUT2D eigenvalue weighted by Crippen LogP contribution is -1.85. The maximum absolute atomic E-state index is 9.85. The monoisotopic (exact) mass is 330 g/mol. The van der Waals surface area contributed by atoms with Crippen molar-refractivity contribution in [2.24, 2.45) is 0 Å². The zero-order chi connectivity index (χ0) is 11.0. The number of phenolic OH excluding ortho intramolecular Hbond substituents is 1. The number of aromatic hydroxyl groups is 1. The van der Waals surface area contributed by atoms with Crippen molar-refractivity contribution in [1.82, 2.24) is 0 Å². The lowest BCUT2D eigenvalue weighted by Gasteiger charge is -2.07. The van der Waals surface area contributed by atoms with Gasteiger partial charge in [0.1, 0.15) is 11.5 Å². The van der Waals surface area contributed by atoms with Crippen molar-refractivity contribution in [3.05, 3.63) is 33.2 Å². The third-order valence-corrected chi connectivity index (χ3v) is 3.47. The summed E-state index contributed by atoms with van der Waals surface area (Å²) in [6.07, 6.45) is 0. The molecule has 0 bridgehead atoms. The molecule has 2 aromatic rings. The van der Waals surface area contributed by atoms with Gasteiger partial charge < -0.3 is 9.84 Å². The van der Waals surface area contributed by atoms with Crippen molar-refractivity contribution >= 4 is 42.6 Å². The zero-order valence-electron chi connectivity index (χ0n) is 7.92. The van der Waals surface area contributed by atoms with E-state index in [2.05, 4.69) is 31.9 Å². The maximum Gasteiger partial charge on any atom is 0.137 e. The Morgan fingerprint density at radius 2 is 1.87 bits per heavy atom. The van der Waals surface area contributed by atoms with Crippen LogP contribution in [0.2, 0.25) is 0 Å². The van der Waals surface area contributed by atoms with Gasteiger partial charge in [0, 0.05) is 5.39 Å². The van der Waals surface area contributed by atoms with E-state index in [9.17, 15) is 5.11 Å². The minimum absolute atomic E-state index is 0.235. The fraction of sp³-hybridized carbons (Fsp3) is 0.0909. The van der Waals surface area contributed by atoms with Gasteiger partial charge in [-0.3, -0.25) is 0 Å². The number of methoxy groups -OCH3 is 1. The number of benzene rings is 2. The van der Waals surface area contributed by atoms with E-state index in [1.165, 1.54) is 0 Å². The molecule has 0 unspecified atom stereocenters. The molecule has 0 fully saturated rings. The van der Waals surface area contributed by atoms with Gasteiger partial charge in [0.15, 0.2) is 0 Å². The van der Waals surface area contributed by atoms with Crippen molar-refractivity contribution < 1.29 is 9.84 Å². The van der Waals surface area contributed by atoms with E-state index in [1.54, 1.807) is 13.2 Å². The number of fused-ring (bicyclic) bond motifs is 1. The van der Waals surface area contributed by atoms with Gasteiger partial charge in [-0.15, -0.1) is 0 Å². The quantitative estimate of drug-likeness (QED) is 0.853. The second-order valence-corrected chi connectivity index (χ2v) is 4.81. The molecule has 0 aliphatic rings. The minimum atomic E-state index is 0.235. The van der Waals surface area contributed by atoms with Gasteiger partial charge in [-0.1, -0.05) is 6.07 Å². The first-order chi connectivity index (χ1) is 7.13. The standard InChI is InChI=1S/C11H8Br2O2/c1-15-10-5-7-6(4-9(10)13)2-3-8(12)11(7)14/h2-5,14H,1H3. The van der Waals surface area contributed by atoms with Crippen LogP contribution in [-0.2, 0) is 0 Å². The molecular formula is C11H8Br2O2. The average Bonchev–Trinajstić information content (AvgIpc) is 2.23. The Bertz CT molecular complexity index is 523. The molecule has 0 radical (unpaired) electrons. The summed E-state index contributed by atoms with van der Waals surface area (Å²) in [6, 6.07) is 7.47. The van der Waals surface area contributed by atoms with Crippen LogP contribution in [-0.4, -0.2) is 12.2 Å². The number of hydrogen-bond donors (Lipinski definition) is 1. The lowest BCUT2D eigenvalue weighted by molar-refractivity contribution is 0.412. The summed E-state index contributed by atoms with van der Waals surface area (Å²) in [4.78, 5) is 0. The van der Waals surface area contributed by atoms with Crippen LogP contribution in [0.15, 0.2) is 33.2 Å². The third kappa shape index (κ3) is 1.84. The van der Waals surface area contributed by atoms with Crippen molar-refractivity contribution in [1.29, 1.82) is 0 Å². The summed E-state index contributed by atoms with van der Waals surface area (Å²) in [6.45, 7) is 0. The Morgan fingerprint density at radius 3 is 2.53 bits per heavy atom. The fourth-order valence-electron chi connectivity index (χ4n) is 1.44. The number of halogens is 2. The molecule has 0 aliphatic heterocycles. The van der Waals surface area contributed by atoms with Gasteiger partial charge in [0.05, 0.1) is 16.1 Å².